The third kappa shape index (κ3) is 8.52. The molecule has 3 aromatic rings. The van der Waals surface area contributed by atoms with Crippen molar-refractivity contribution in [2.45, 2.75) is 50.6 Å². The smallest absolute Gasteiger partial charge is 0.264 e. The van der Waals surface area contributed by atoms with Crippen molar-refractivity contribution in [2.24, 2.45) is 0 Å². The van der Waals surface area contributed by atoms with Gasteiger partial charge in [0.2, 0.25) is 11.8 Å². The Morgan fingerprint density at radius 3 is 2.07 bits per heavy atom. The van der Waals surface area contributed by atoms with Gasteiger partial charge in [0.05, 0.1) is 30.7 Å². The third-order valence-electron chi connectivity index (χ3n) is 6.35. The van der Waals surface area contributed by atoms with Gasteiger partial charge in [-0.2, -0.15) is 0 Å². The second-order valence-electron chi connectivity index (χ2n) is 9.26. The predicted octanol–water partition coefficient (Wildman–Crippen LogP) is 7.22. The number of unbranched alkanes of at least 4 members (excludes halogenated alkanes) is 1. The summed E-state index contributed by atoms with van der Waals surface area (Å²) >= 11 is 24.7. The molecule has 7 nitrogen and oxygen atoms in total. The maximum absolute atomic E-state index is 14.1. The molecule has 3 rings (SSSR count). The van der Waals surface area contributed by atoms with Crippen LogP contribution < -0.4 is 9.62 Å². The Hall–Kier alpha value is -2.49. The van der Waals surface area contributed by atoms with Crippen molar-refractivity contribution >= 4 is 73.9 Å². The highest BCUT2D eigenvalue weighted by Crippen LogP contribution is 2.31. The molecule has 3 aromatic carbocycles. The van der Waals surface area contributed by atoms with Gasteiger partial charge in [-0.3, -0.25) is 13.9 Å². The number of carbonyl (C=O) groups excluding carboxylic acids is 2. The zero-order valence-corrected chi connectivity index (χ0v) is 26.5. The van der Waals surface area contributed by atoms with Crippen LogP contribution in [0.25, 0.3) is 0 Å². The number of amides is 2. The topological polar surface area (TPSA) is 86.8 Å². The number of benzene rings is 3. The highest BCUT2D eigenvalue weighted by molar-refractivity contribution is 7.92. The lowest BCUT2D eigenvalue weighted by atomic mass is 10.1. The molecule has 0 aromatic heterocycles. The van der Waals surface area contributed by atoms with Crippen molar-refractivity contribution in [1.82, 2.24) is 10.2 Å². The van der Waals surface area contributed by atoms with Gasteiger partial charge in [0, 0.05) is 13.1 Å². The summed E-state index contributed by atoms with van der Waals surface area (Å²) in [7, 11) is -4.22. The van der Waals surface area contributed by atoms with Gasteiger partial charge in [-0.25, -0.2) is 8.42 Å². The molecule has 0 aliphatic heterocycles. The maximum atomic E-state index is 14.1. The molecule has 0 fully saturated rings. The molecule has 0 saturated heterocycles. The molecule has 41 heavy (non-hydrogen) atoms. The average Bonchev–Trinajstić information content (AvgIpc) is 2.95. The van der Waals surface area contributed by atoms with Crippen molar-refractivity contribution in [2.75, 3.05) is 17.4 Å². The highest BCUT2D eigenvalue weighted by atomic mass is 35.5. The minimum absolute atomic E-state index is 0.00394. The largest absolute Gasteiger partial charge is 0.354 e. The Balaban J connectivity index is 2.06. The second-order valence-corrected chi connectivity index (χ2v) is 12.8. The number of nitrogens with one attached hydrogen (secondary N) is 1. The predicted molar refractivity (Wildman–Crippen MR) is 166 cm³/mol. The molecule has 0 saturated carbocycles. The summed E-state index contributed by atoms with van der Waals surface area (Å²) in [5.41, 5.74) is 0.770. The molecule has 0 bridgehead atoms. The quantitative estimate of drug-likeness (QED) is 0.197. The molecule has 0 spiro atoms. The number of halogens is 4. The van der Waals surface area contributed by atoms with Crippen LogP contribution in [0.3, 0.4) is 0 Å². The summed E-state index contributed by atoms with van der Waals surface area (Å²) in [5.74, 6) is -0.930. The number of anilines is 1. The number of hydrogen-bond acceptors (Lipinski definition) is 4. The van der Waals surface area contributed by atoms with E-state index < -0.39 is 28.5 Å². The van der Waals surface area contributed by atoms with E-state index in [4.69, 9.17) is 46.4 Å². The summed E-state index contributed by atoms with van der Waals surface area (Å²) in [6.07, 6.45) is 1.96. The Bertz CT molecular complexity index is 1470. The van der Waals surface area contributed by atoms with Crippen LogP contribution in [0.5, 0.6) is 0 Å². The third-order valence-corrected chi connectivity index (χ3v) is 9.62. The molecular formula is C29H31Cl4N3O4S. The summed E-state index contributed by atoms with van der Waals surface area (Å²) in [5, 5.41) is 3.88. The van der Waals surface area contributed by atoms with Crippen LogP contribution in [0.1, 0.15) is 38.7 Å². The van der Waals surface area contributed by atoms with Crippen molar-refractivity contribution in [3.63, 3.8) is 0 Å². The lowest BCUT2D eigenvalue weighted by molar-refractivity contribution is -0.140. The van der Waals surface area contributed by atoms with Crippen molar-refractivity contribution in [1.29, 1.82) is 0 Å². The number of nitrogens with zero attached hydrogens (tertiary/aromatic N) is 2. The van der Waals surface area contributed by atoms with Gasteiger partial charge >= 0.3 is 0 Å². The fraction of sp³-hybridized carbons (Fsp3) is 0.310. The Kier molecular flexibility index (Phi) is 12.2. The Morgan fingerprint density at radius 2 is 1.49 bits per heavy atom. The molecule has 0 radical (unpaired) electrons. The van der Waals surface area contributed by atoms with E-state index in [-0.39, 0.29) is 33.1 Å². The lowest BCUT2D eigenvalue weighted by Crippen LogP contribution is -2.52. The molecule has 1 unspecified atom stereocenters. The maximum Gasteiger partial charge on any atom is 0.264 e. The SMILES string of the molecule is CCCCNC(=O)C(CC)N(Cc1ccc(Cl)c(Cl)c1)C(=O)CN(c1ccc(Cl)c(Cl)c1)S(=O)(=O)c1ccccc1. The van der Waals surface area contributed by atoms with E-state index in [0.717, 1.165) is 17.1 Å². The normalized spacial score (nSPS) is 12.0. The molecule has 12 heteroatoms. The molecule has 0 aliphatic rings. The fourth-order valence-corrected chi connectivity index (χ4v) is 6.19. The Labute approximate surface area is 261 Å². The van der Waals surface area contributed by atoms with E-state index in [2.05, 4.69) is 5.32 Å². The van der Waals surface area contributed by atoms with E-state index in [1.165, 1.54) is 35.2 Å². The van der Waals surface area contributed by atoms with E-state index in [0.29, 0.717) is 28.6 Å². The molecule has 0 heterocycles. The zero-order chi connectivity index (χ0) is 30.2. The second kappa shape index (κ2) is 15.1. The van der Waals surface area contributed by atoms with Gasteiger partial charge in [-0.05, 0) is 60.9 Å². The molecule has 220 valence electrons. The zero-order valence-electron chi connectivity index (χ0n) is 22.6. The minimum Gasteiger partial charge on any atom is -0.354 e. The van der Waals surface area contributed by atoms with Crippen LogP contribution in [0.15, 0.2) is 71.6 Å². The van der Waals surface area contributed by atoms with E-state index in [1.807, 2.05) is 6.92 Å². The number of sulfonamides is 1. The number of hydrogen-bond donors (Lipinski definition) is 1. The highest BCUT2D eigenvalue weighted by Gasteiger charge is 2.33. The van der Waals surface area contributed by atoms with Gasteiger partial charge in [-0.15, -0.1) is 0 Å². The van der Waals surface area contributed by atoms with Gasteiger partial charge in [0.15, 0.2) is 0 Å². The van der Waals surface area contributed by atoms with Crippen LogP contribution in [-0.2, 0) is 26.2 Å². The monoisotopic (exact) mass is 657 g/mol. The summed E-state index contributed by atoms with van der Waals surface area (Å²) < 4.78 is 28.7. The fourth-order valence-electron chi connectivity index (χ4n) is 4.15. The van der Waals surface area contributed by atoms with E-state index in [9.17, 15) is 18.0 Å². The van der Waals surface area contributed by atoms with Crippen molar-refractivity contribution in [3.8, 4) is 0 Å². The molecule has 1 N–H and O–H groups in total. The average molecular weight is 659 g/mol. The molecular weight excluding hydrogens is 628 g/mol. The Morgan fingerprint density at radius 1 is 0.854 bits per heavy atom. The first-order valence-corrected chi connectivity index (χ1v) is 16.0. The standard InChI is InChI=1S/C29H31Cl4N3O4S/c1-3-5-15-34-29(38)27(4-2)35(18-20-11-13-23(30)25(32)16-20)28(37)19-36(21-12-14-24(31)26(33)17-21)41(39,40)22-9-7-6-8-10-22/h6-14,16-17,27H,3-5,15,18-19H2,1-2H3,(H,34,38). The summed E-state index contributed by atoms with van der Waals surface area (Å²) in [6, 6.07) is 16.1. The summed E-state index contributed by atoms with van der Waals surface area (Å²) in [6.45, 7) is 3.65. The van der Waals surface area contributed by atoms with Gasteiger partial charge < -0.3 is 10.2 Å². The van der Waals surface area contributed by atoms with Crippen molar-refractivity contribution < 1.29 is 18.0 Å². The van der Waals surface area contributed by atoms with Crippen LogP contribution >= 0.6 is 46.4 Å². The lowest BCUT2D eigenvalue weighted by Gasteiger charge is -2.33. The van der Waals surface area contributed by atoms with E-state index >= 15 is 0 Å². The van der Waals surface area contributed by atoms with Crippen LogP contribution in [0, 0.1) is 0 Å². The van der Waals surface area contributed by atoms with Crippen LogP contribution in [0.2, 0.25) is 20.1 Å². The van der Waals surface area contributed by atoms with Crippen molar-refractivity contribution in [3.05, 3.63) is 92.4 Å². The summed E-state index contributed by atoms with van der Waals surface area (Å²) in [4.78, 5) is 28.7. The molecule has 1 atom stereocenters. The van der Waals surface area contributed by atoms with Gasteiger partial charge in [0.1, 0.15) is 12.6 Å². The first-order chi connectivity index (χ1) is 19.5. The minimum atomic E-state index is -4.22. The van der Waals surface area contributed by atoms with Gasteiger partial charge in [-0.1, -0.05) is 90.9 Å². The first kappa shape index (κ1) is 33.0. The number of carbonyl (C=O) groups is 2. The first-order valence-electron chi connectivity index (χ1n) is 13.0. The van der Waals surface area contributed by atoms with Crippen LogP contribution in [0.4, 0.5) is 5.69 Å². The molecule has 2 amide bonds. The van der Waals surface area contributed by atoms with Gasteiger partial charge in [0.25, 0.3) is 10.0 Å². The number of rotatable bonds is 13. The van der Waals surface area contributed by atoms with Crippen LogP contribution in [-0.4, -0.2) is 44.3 Å². The molecule has 0 aliphatic carbocycles. The van der Waals surface area contributed by atoms with E-state index in [1.54, 1.807) is 43.3 Å².